The Bertz CT molecular complexity index is 1040. The standard InChI is InChI=1S/C22H28N2O4S2/c1-3-24(4-2)15-9-11-16-10-5-8-14-19(16)30(27,28)23-21-20(22(25)26)17-12-6-7-13-18(17)29-21/h5,8-11,14,23H,3-4,6-7,12-13,15H2,1-2H3,(H,25,26)/b11-9-. The van der Waals surface area contributed by atoms with Gasteiger partial charge >= 0.3 is 5.97 Å². The van der Waals surface area contributed by atoms with Crippen molar-refractivity contribution in [3.8, 4) is 0 Å². The molecule has 1 aromatic heterocycles. The Morgan fingerprint density at radius 3 is 2.60 bits per heavy atom. The zero-order valence-corrected chi connectivity index (χ0v) is 19.0. The Hall–Kier alpha value is -2.16. The summed E-state index contributed by atoms with van der Waals surface area (Å²) in [7, 11) is -3.93. The van der Waals surface area contributed by atoms with Gasteiger partial charge in [0.1, 0.15) is 5.00 Å². The van der Waals surface area contributed by atoms with Crippen LogP contribution in [0, 0.1) is 0 Å². The Morgan fingerprint density at radius 2 is 1.90 bits per heavy atom. The van der Waals surface area contributed by atoms with Crippen LogP contribution in [0.4, 0.5) is 5.00 Å². The Labute approximate surface area is 182 Å². The zero-order valence-electron chi connectivity index (χ0n) is 17.3. The highest BCUT2D eigenvalue weighted by Gasteiger charge is 2.28. The molecule has 2 N–H and O–H groups in total. The number of anilines is 1. The van der Waals surface area contributed by atoms with Gasteiger partial charge in [-0.3, -0.25) is 4.72 Å². The molecule has 0 radical (unpaired) electrons. The third kappa shape index (κ3) is 4.94. The van der Waals surface area contributed by atoms with E-state index in [-0.39, 0.29) is 15.5 Å². The lowest BCUT2D eigenvalue weighted by Crippen LogP contribution is -2.22. The second-order valence-electron chi connectivity index (χ2n) is 7.25. The van der Waals surface area contributed by atoms with Crippen LogP contribution in [-0.4, -0.2) is 44.0 Å². The lowest BCUT2D eigenvalue weighted by molar-refractivity contribution is 0.0697. The van der Waals surface area contributed by atoms with Crippen molar-refractivity contribution in [3.05, 3.63) is 51.9 Å². The molecule has 8 heteroatoms. The topological polar surface area (TPSA) is 86.7 Å². The molecule has 2 aromatic rings. The van der Waals surface area contributed by atoms with Crippen molar-refractivity contribution in [2.24, 2.45) is 0 Å². The Morgan fingerprint density at radius 1 is 1.20 bits per heavy atom. The van der Waals surface area contributed by atoms with Crippen LogP contribution in [0.3, 0.4) is 0 Å². The highest BCUT2D eigenvalue weighted by molar-refractivity contribution is 7.93. The first-order valence-electron chi connectivity index (χ1n) is 10.3. The van der Waals surface area contributed by atoms with E-state index in [2.05, 4.69) is 23.5 Å². The highest BCUT2D eigenvalue weighted by atomic mass is 32.2. The Kier molecular flexibility index (Phi) is 7.33. The first kappa shape index (κ1) is 22.5. The number of hydrogen-bond acceptors (Lipinski definition) is 5. The monoisotopic (exact) mass is 448 g/mol. The number of carbonyl (C=O) groups is 1. The number of thiophene rings is 1. The van der Waals surface area contributed by atoms with Gasteiger partial charge in [0, 0.05) is 11.4 Å². The second-order valence-corrected chi connectivity index (χ2v) is 10.0. The molecule has 0 spiro atoms. The normalized spacial score (nSPS) is 14.2. The van der Waals surface area contributed by atoms with Crippen LogP contribution >= 0.6 is 11.3 Å². The average Bonchev–Trinajstić information content (AvgIpc) is 3.08. The van der Waals surface area contributed by atoms with Gasteiger partial charge in [-0.25, -0.2) is 13.2 Å². The molecule has 6 nitrogen and oxygen atoms in total. The minimum Gasteiger partial charge on any atom is -0.478 e. The molecule has 162 valence electrons. The van der Waals surface area contributed by atoms with E-state index < -0.39 is 16.0 Å². The molecular formula is C22H28N2O4S2. The lowest BCUT2D eigenvalue weighted by atomic mass is 9.96. The maximum atomic E-state index is 13.2. The van der Waals surface area contributed by atoms with Gasteiger partial charge in [0.2, 0.25) is 0 Å². The van der Waals surface area contributed by atoms with E-state index in [9.17, 15) is 18.3 Å². The van der Waals surface area contributed by atoms with E-state index in [4.69, 9.17) is 0 Å². The lowest BCUT2D eigenvalue weighted by Gasteiger charge is -2.15. The van der Waals surface area contributed by atoms with Crippen molar-refractivity contribution in [2.75, 3.05) is 24.4 Å². The van der Waals surface area contributed by atoms with Gasteiger partial charge in [0.15, 0.2) is 0 Å². The van der Waals surface area contributed by atoms with Gasteiger partial charge in [0.05, 0.1) is 10.5 Å². The van der Waals surface area contributed by atoms with Gasteiger partial charge in [-0.05, 0) is 56.0 Å². The first-order valence-corrected chi connectivity index (χ1v) is 12.6. The number of hydrogen-bond donors (Lipinski definition) is 2. The molecule has 1 aliphatic rings. The number of sulfonamides is 1. The number of aromatic carboxylic acids is 1. The predicted molar refractivity (Wildman–Crippen MR) is 122 cm³/mol. The Balaban J connectivity index is 1.91. The smallest absolute Gasteiger partial charge is 0.339 e. The molecule has 1 aliphatic carbocycles. The molecule has 0 amide bonds. The SMILES string of the molecule is CCN(CC)C/C=C\c1ccccc1S(=O)(=O)Nc1sc2c(c1C(=O)O)CCCC2. The second kappa shape index (κ2) is 9.76. The number of nitrogens with zero attached hydrogens (tertiary/aromatic N) is 1. The highest BCUT2D eigenvalue weighted by Crippen LogP contribution is 2.39. The number of fused-ring (bicyclic) bond motifs is 1. The van der Waals surface area contributed by atoms with Crippen molar-refractivity contribution in [3.63, 3.8) is 0 Å². The van der Waals surface area contributed by atoms with Crippen molar-refractivity contribution < 1.29 is 18.3 Å². The van der Waals surface area contributed by atoms with Gasteiger partial charge in [-0.15, -0.1) is 11.3 Å². The summed E-state index contributed by atoms with van der Waals surface area (Å²) in [5, 5.41) is 9.91. The molecular weight excluding hydrogens is 420 g/mol. The van der Waals surface area contributed by atoms with Crippen molar-refractivity contribution >= 4 is 38.4 Å². The maximum absolute atomic E-state index is 13.2. The molecule has 1 heterocycles. The molecule has 3 rings (SSSR count). The molecule has 0 atom stereocenters. The quantitative estimate of drug-likeness (QED) is 0.591. The van der Waals surface area contributed by atoms with Crippen LogP contribution in [0.5, 0.6) is 0 Å². The van der Waals surface area contributed by atoms with Crippen LogP contribution in [-0.2, 0) is 22.9 Å². The fourth-order valence-corrected chi connectivity index (χ4v) is 6.50. The summed E-state index contributed by atoms with van der Waals surface area (Å²) in [6.45, 7) is 6.74. The van der Waals surface area contributed by atoms with Crippen LogP contribution in [0.1, 0.15) is 53.1 Å². The number of carboxylic acids is 1. The third-order valence-electron chi connectivity index (χ3n) is 5.38. The van der Waals surface area contributed by atoms with Gasteiger partial charge in [-0.2, -0.15) is 0 Å². The summed E-state index contributed by atoms with van der Waals surface area (Å²) < 4.78 is 28.9. The van der Waals surface area contributed by atoms with Crippen LogP contribution in [0.25, 0.3) is 6.08 Å². The summed E-state index contributed by atoms with van der Waals surface area (Å²) in [4.78, 5) is 15.2. The summed E-state index contributed by atoms with van der Waals surface area (Å²) in [6, 6.07) is 6.77. The third-order valence-corrected chi connectivity index (χ3v) is 8.14. The fourth-order valence-electron chi connectivity index (χ4n) is 3.71. The molecule has 0 bridgehead atoms. The van der Waals surface area contributed by atoms with Crippen molar-refractivity contribution in [1.82, 2.24) is 4.90 Å². The van der Waals surface area contributed by atoms with Crippen LogP contribution in [0.15, 0.2) is 35.2 Å². The van der Waals surface area contributed by atoms with Crippen molar-refractivity contribution in [1.29, 1.82) is 0 Å². The number of benzene rings is 1. The van der Waals surface area contributed by atoms with Gasteiger partial charge in [-0.1, -0.05) is 44.2 Å². The first-order chi connectivity index (χ1) is 14.4. The minimum absolute atomic E-state index is 0.104. The van der Waals surface area contributed by atoms with Crippen molar-refractivity contribution in [2.45, 2.75) is 44.4 Å². The van der Waals surface area contributed by atoms with Gasteiger partial charge < -0.3 is 10.0 Å². The number of carboxylic acid groups (broad SMARTS) is 1. The van der Waals surface area contributed by atoms with E-state index in [1.807, 2.05) is 12.2 Å². The average molecular weight is 449 g/mol. The largest absolute Gasteiger partial charge is 0.478 e. The molecule has 0 saturated heterocycles. The van der Waals surface area contributed by atoms with E-state index in [0.29, 0.717) is 12.0 Å². The summed E-state index contributed by atoms with van der Waals surface area (Å²) >= 11 is 1.25. The number of aryl methyl sites for hydroxylation is 1. The van der Waals surface area contributed by atoms with E-state index in [1.54, 1.807) is 24.3 Å². The number of nitrogens with one attached hydrogen (secondary N) is 1. The molecule has 0 aliphatic heterocycles. The molecule has 0 saturated carbocycles. The maximum Gasteiger partial charge on any atom is 0.339 e. The minimum atomic E-state index is -3.93. The molecule has 1 aromatic carbocycles. The molecule has 0 unspecified atom stereocenters. The summed E-state index contributed by atoms with van der Waals surface area (Å²) in [5.74, 6) is -1.08. The molecule has 0 fully saturated rings. The zero-order chi connectivity index (χ0) is 21.7. The van der Waals surface area contributed by atoms with Crippen LogP contribution in [0.2, 0.25) is 0 Å². The number of likely N-dealkylation sites (N-methyl/N-ethyl adjacent to an activating group) is 1. The number of rotatable bonds is 9. The van der Waals surface area contributed by atoms with E-state index in [0.717, 1.165) is 49.3 Å². The predicted octanol–water partition coefficient (Wildman–Crippen LogP) is 4.48. The summed E-state index contributed by atoms with van der Waals surface area (Å²) in [5.41, 5.74) is 1.46. The van der Waals surface area contributed by atoms with E-state index >= 15 is 0 Å². The van der Waals surface area contributed by atoms with Gasteiger partial charge in [0.25, 0.3) is 10.0 Å². The van der Waals surface area contributed by atoms with Crippen LogP contribution < -0.4 is 4.72 Å². The fraction of sp³-hybridized carbons (Fsp3) is 0.409. The van der Waals surface area contributed by atoms with E-state index in [1.165, 1.54) is 11.3 Å². The molecule has 30 heavy (non-hydrogen) atoms. The summed E-state index contributed by atoms with van der Waals surface area (Å²) in [6.07, 6.45) is 7.17.